The van der Waals surface area contributed by atoms with Gasteiger partial charge in [0, 0.05) is 18.5 Å². The number of thioether (sulfide) groups is 1. The second-order valence-electron chi connectivity index (χ2n) is 5.61. The molecule has 21 heavy (non-hydrogen) atoms. The van der Waals surface area contributed by atoms with Crippen LogP contribution in [-0.2, 0) is 9.53 Å². The van der Waals surface area contributed by atoms with Crippen molar-refractivity contribution in [2.75, 3.05) is 13.2 Å². The van der Waals surface area contributed by atoms with E-state index in [0.29, 0.717) is 11.1 Å². The molecule has 3 aliphatic rings. The molecule has 2 atom stereocenters. The zero-order chi connectivity index (χ0) is 14.8. The van der Waals surface area contributed by atoms with Gasteiger partial charge in [-0.25, -0.2) is 4.99 Å². The molecule has 1 saturated heterocycles. The molecule has 0 aromatic carbocycles. The maximum absolute atomic E-state index is 12.2. The average molecular weight is 304 g/mol. The third-order valence-corrected chi connectivity index (χ3v) is 5.48. The molecule has 2 aliphatic heterocycles. The Labute approximate surface area is 129 Å². The molecule has 0 aromatic heterocycles. The van der Waals surface area contributed by atoms with E-state index in [1.807, 2.05) is 36.9 Å². The molecule has 3 rings (SSSR count). The number of fused-ring (bicyclic) bond motifs is 1. The molecule has 4 nitrogen and oxygen atoms in total. The Balaban J connectivity index is 1.74. The molecular weight excluding hydrogens is 284 g/mol. The Bertz CT molecular complexity index is 557. The molecule has 0 bridgehead atoms. The number of ether oxygens (including phenoxy) is 1. The van der Waals surface area contributed by atoms with Gasteiger partial charge in [0.25, 0.3) is 5.91 Å². The lowest BCUT2D eigenvalue weighted by Gasteiger charge is -2.26. The van der Waals surface area contributed by atoms with Crippen LogP contribution in [0.15, 0.2) is 33.8 Å². The van der Waals surface area contributed by atoms with Crippen LogP contribution in [-0.4, -0.2) is 41.2 Å². The topological polar surface area (TPSA) is 51.0 Å². The largest absolute Gasteiger partial charge is 0.381 e. The molecule has 0 N–H and O–H groups in total. The number of nitrogens with zero attached hydrogens (tertiary/aromatic N) is 2. The van der Waals surface area contributed by atoms with Crippen LogP contribution >= 0.6 is 11.8 Å². The van der Waals surface area contributed by atoms with Crippen LogP contribution in [0.25, 0.3) is 0 Å². The van der Waals surface area contributed by atoms with Gasteiger partial charge in [-0.2, -0.15) is 4.99 Å². The van der Waals surface area contributed by atoms with Crippen LogP contribution in [0.2, 0.25) is 0 Å². The first-order valence-corrected chi connectivity index (χ1v) is 8.39. The summed E-state index contributed by atoms with van der Waals surface area (Å²) >= 11 is 1.86. The molecule has 2 heterocycles. The lowest BCUT2D eigenvalue weighted by Crippen LogP contribution is -2.32. The van der Waals surface area contributed by atoms with Crippen molar-refractivity contribution in [3.63, 3.8) is 0 Å². The fraction of sp³-hybridized carbons (Fsp3) is 0.562. The Kier molecular flexibility index (Phi) is 4.40. The molecule has 0 aromatic rings. The maximum Gasteiger partial charge on any atom is 0.260 e. The minimum atomic E-state index is -0.279. The number of amides is 1. The van der Waals surface area contributed by atoms with Gasteiger partial charge in [-0.1, -0.05) is 18.2 Å². The van der Waals surface area contributed by atoms with Crippen molar-refractivity contribution in [3.05, 3.63) is 23.8 Å². The van der Waals surface area contributed by atoms with Crippen molar-refractivity contribution < 1.29 is 9.53 Å². The van der Waals surface area contributed by atoms with Gasteiger partial charge in [0.05, 0.1) is 11.0 Å². The zero-order valence-corrected chi connectivity index (χ0v) is 13.2. The van der Waals surface area contributed by atoms with E-state index in [2.05, 4.69) is 16.9 Å². The molecular formula is C16H20N2O2S. The monoisotopic (exact) mass is 304 g/mol. The number of amidine groups is 1. The van der Waals surface area contributed by atoms with Gasteiger partial charge >= 0.3 is 0 Å². The Morgan fingerprint density at radius 1 is 1.33 bits per heavy atom. The van der Waals surface area contributed by atoms with Gasteiger partial charge < -0.3 is 4.74 Å². The molecule has 0 saturated carbocycles. The summed E-state index contributed by atoms with van der Waals surface area (Å²) < 4.78 is 5.39. The number of allylic oxidation sites excluding steroid dienone is 3. The van der Waals surface area contributed by atoms with Crippen LogP contribution in [0.5, 0.6) is 0 Å². The predicted octanol–water partition coefficient (Wildman–Crippen LogP) is 2.80. The van der Waals surface area contributed by atoms with E-state index in [1.165, 1.54) is 0 Å². The molecule has 1 aliphatic carbocycles. The smallest absolute Gasteiger partial charge is 0.260 e. The summed E-state index contributed by atoms with van der Waals surface area (Å²) in [7, 11) is 0. The van der Waals surface area contributed by atoms with Crippen LogP contribution < -0.4 is 0 Å². The van der Waals surface area contributed by atoms with Gasteiger partial charge in [-0.3, -0.25) is 4.79 Å². The minimum absolute atomic E-state index is 0.0851. The molecule has 2 unspecified atom stereocenters. The quantitative estimate of drug-likeness (QED) is 0.805. The number of rotatable bonds is 3. The van der Waals surface area contributed by atoms with Crippen LogP contribution in [0.4, 0.5) is 0 Å². The summed E-state index contributed by atoms with van der Waals surface area (Å²) in [6, 6.07) is 0. The highest BCUT2D eigenvalue weighted by Gasteiger charge is 2.31. The van der Waals surface area contributed by atoms with E-state index in [1.54, 1.807) is 0 Å². The van der Waals surface area contributed by atoms with Crippen molar-refractivity contribution in [2.24, 2.45) is 15.9 Å². The standard InChI is InChI=1S/C16H20N2O2S/c1-10-4-3-5-13-14(10)17-15(18-16(13)19)11(2)21-12-6-8-20-9-7-12/h3-5,11-13H,6-9H2,1-2H3. The third-order valence-electron chi connectivity index (χ3n) is 4.00. The first kappa shape index (κ1) is 14.7. The third kappa shape index (κ3) is 3.19. The number of hydrogen-bond donors (Lipinski definition) is 0. The second-order valence-corrected chi connectivity index (χ2v) is 7.25. The highest BCUT2D eigenvalue weighted by molar-refractivity contribution is 8.01. The first-order valence-electron chi connectivity index (χ1n) is 7.45. The van der Waals surface area contributed by atoms with Gasteiger partial charge in [-0.15, -0.1) is 11.8 Å². The van der Waals surface area contributed by atoms with Gasteiger partial charge in [-0.05, 0) is 32.3 Å². The molecule has 1 amide bonds. The first-order chi connectivity index (χ1) is 10.1. The number of carbonyl (C=O) groups excluding carboxylic acids is 1. The molecule has 112 valence electrons. The molecule has 0 spiro atoms. The fourth-order valence-corrected chi connectivity index (χ4v) is 4.03. The number of hydrogen-bond acceptors (Lipinski definition) is 4. The van der Waals surface area contributed by atoms with Crippen LogP contribution in [0.3, 0.4) is 0 Å². The normalized spacial score (nSPS) is 27.6. The molecule has 1 fully saturated rings. The SMILES string of the molecule is CC1=CC=CC2C(=O)N=C(C(C)SC3CCOCC3)N=C12. The van der Waals surface area contributed by atoms with Crippen molar-refractivity contribution in [2.45, 2.75) is 37.2 Å². The fourth-order valence-electron chi connectivity index (χ4n) is 2.76. The van der Waals surface area contributed by atoms with Crippen LogP contribution in [0.1, 0.15) is 26.7 Å². The average Bonchev–Trinajstić information content (AvgIpc) is 2.49. The maximum atomic E-state index is 12.2. The zero-order valence-electron chi connectivity index (χ0n) is 12.4. The minimum Gasteiger partial charge on any atom is -0.381 e. The van der Waals surface area contributed by atoms with Gasteiger partial charge in [0.1, 0.15) is 11.8 Å². The Morgan fingerprint density at radius 2 is 2.10 bits per heavy atom. The van der Waals surface area contributed by atoms with E-state index in [4.69, 9.17) is 4.74 Å². The summed E-state index contributed by atoms with van der Waals surface area (Å²) in [4.78, 5) is 21.1. The summed E-state index contributed by atoms with van der Waals surface area (Å²) in [5.41, 5.74) is 1.93. The van der Waals surface area contributed by atoms with E-state index < -0.39 is 0 Å². The van der Waals surface area contributed by atoms with Crippen LogP contribution in [0, 0.1) is 5.92 Å². The second kappa shape index (κ2) is 6.28. The summed E-state index contributed by atoms with van der Waals surface area (Å²) in [6.45, 7) is 5.76. The van der Waals surface area contributed by atoms with E-state index in [-0.39, 0.29) is 17.1 Å². The number of carbonyl (C=O) groups is 1. The van der Waals surface area contributed by atoms with Crippen molar-refractivity contribution >= 4 is 29.2 Å². The van der Waals surface area contributed by atoms with Gasteiger partial charge in [0.2, 0.25) is 0 Å². The molecule has 0 radical (unpaired) electrons. The summed E-state index contributed by atoms with van der Waals surface area (Å²) in [6.07, 6.45) is 7.93. The summed E-state index contributed by atoms with van der Waals surface area (Å²) in [5.74, 6) is 0.308. The van der Waals surface area contributed by atoms with E-state index in [0.717, 1.165) is 37.3 Å². The molecule has 5 heteroatoms. The predicted molar refractivity (Wildman–Crippen MR) is 87.2 cm³/mol. The van der Waals surface area contributed by atoms with Crippen molar-refractivity contribution in [3.8, 4) is 0 Å². The van der Waals surface area contributed by atoms with Gasteiger partial charge in [0.15, 0.2) is 0 Å². The highest BCUT2D eigenvalue weighted by Crippen LogP contribution is 2.29. The van der Waals surface area contributed by atoms with Crippen molar-refractivity contribution in [1.29, 1.82) is 0 Å². The highest BCUT2D eigenvalue weighted by atomic mass is 32.2. The summed E-state index contributed by atoms with van der Waals surface area (Å²) in [5, 5.41) is 0.719. The number of aliphatic imine (C=N–C) groups is 2. The Morgan fingerprint density at radius 3 is 2.86 bits per heavy atom. The van der Waals surface area contributed by atoms with Crippen molar-refractivity contribution in [1.82, 2.24) is 0 Å². The Hall–Kier alpha value is -1.20. The lowest BCUT2D eigenvalue weighted by atomic mass is 9.91. The van der Waals surface area contributed by atoms with E-state index in [9.17, 15) is 4.79 Å². The van der Waals surface area contributed by atoms with E-state index >= 15 is 0 Å². The lowest BCUT2D eigenvalue weighted by molar-refractivity contribution is -0.118.